The van der Waals surface area contributed by atoms with E-state index < -0.39 is 0 Å². The van der Waals surface area contributed by atoms with Crippen LogP contribution in [0.4, 0.5) is 5.69 Å². The highest BCUT2D eigenvalue weighted by molar-refractivity contribution is 7.80. The summed E-state index contributed by atoms with van der Waals surface area (Å²) >= 11 is 6.58. The number of para-hydroxylation sites is 1. The number of benzene rings is 2. The van der Waals surface area contributed by atoms with Gasteiger partial charge in [-0.3, -0.25) is 0 Å². The van der Waals surface area contributed by atoms with Gasteiger partial charge in [0.25, 0.3) is 0 Å². The number of hydrogen-bond donors (Lipinski definition) is 2. The Kier molecular flexibility index (Phi) is 3.94. The van der Waals surface area contributed by atoms with Gasteiger partial charge in [-0.15, -0.1) is 11.3 Å². The van der Waals surface area contributed by atoms with E-state index in [4.69, 9.17) is 18.0 Å². The van der Waals surface area contributed by atoms with Crippen LogP contribution in [-0.2, 0) is 0 Å². The molecule has 0 saturated carbocycles. The Morgan fingerprint density at radius 3 is 2.48 bits per heavy atom. The SMILES string of the molecule is NC(=S)/N=C(\Nc1ccccc1)c1cc2ccccc2s1. The number of nitrogens with two attached hydrogens (primary N) is 1. The lowest BCUT2D eigenvalue weighted by Gasteiger charge is -2.07. The second-order valence-electron chi connectivity index (χ2n) is 4.44. The maximum atomic E-state index is 5.59. The van der Waals surface area contributed by atoms with Gasteiger partial charge in [0.2, 0.25) is 0 Å². The predicted octanol–water partition coefficient (Wildman–Crippen LogP) is 4.00. The van der Waals surface area contributed by atoms with Crippen molar-refractivity contribution in [2.45, 2.75) is 0 Å². The molecule has 3 aromatic rings. The Bertz CT molecular complexity index is 774. The molecule has 0 saturated heterocycles. The molecule has 0 spiro atoms. The zero-order valence-electron chi connectivity index (χ0n) is 11.1. The molecule has 104 valence electrons. The van der Waals surface area contributed by atoms with E-state index in [1.165, 1.54) is 10.1 Å². The molecule has 3 nitrogen and oxygen atoms in total. The topological polar surface area (TPSA) is 50.4 Å². The number of fused-ring (bicyclic) bond motifs is 1. The molecule has 3 rings (SSSR count). The first-order valence-corrected chi connectivity index (χ1v) is 7.64. The molecule has 0 fully saturated rings. The van der Waals surface area contributed by atoms with Crippen LogP contribution in [0.3, 0.4) is 0 Å². The number of thiophene rings is 1. The fraction of sp³-hybridized carbons (Fsp3) is 0. The lowest BCUT2D eigenvalue weighted by molar-refractivity contribution is 1.55. The molecule has 1 heterocycles. The molecule has 0 aliphatic rings. The summed E-state index contributed by atoms with van der Waals surface area (Å²) in [6, 6.07) is 20.1. The summed E-state index contributed by atoms with van der Waals surface area (Å²) in [4.78, 5) is 5.27. The zero-order valence-corrected chi connectivity index (χ0v) is 12.7. The number of anilines is 1. The Labute approximate surface area is 132 Å². The van der Waals surface area contributed by atoms with Crippen LogP contribution in [0.25, 0.3) is 10.1 Å². The monoisotopic (exact) mass is 311 g/mol. The number of thiocarbonyl (C=S) groups is 1. The molecule has 21 heavy (non-hydrogen) atoms. The molecule has 0 amide bonds. The van der Waals surface area contributed by atoms with Crippen LogP contribution in [0.15, 0.2) is 65.7 Å². The quantitative estimate of drug-likeness (QED) is 0.427. The summed E-state index contributed by atoms with van der Waals surface area (Å²) in [7, 11) is 0. The summed E-state index contributed by atoms with van der Waals surface area (Å²) < 4.78 is 1.21. The molecule has 0 bridgehead atoms. The maximum absolute atomic E-state index is 5.59. The summed E-state index contributed by atoms with van der Waals surface area (Å²) in [5.41, 5.74) is 6.54. The second-order valence-corrected chi connectivity index (χ2v) is 5.94. The molecular weight excluding hydrogens is 298 g/mol. The summed E-state index contributed by atoms with van der Waals surface area (Å²) in [5, 5.41) is 4.58. The molecule has 5 heteroatoms. The first-order valence-electron chi connectivity index (χ1n) is 6.41. The Morgan fingerprint density at radius 1 is 1.05 bits per heavy atom. The van der Waals surface area contributed by atoms with E-state index in [9.17, 15) is 0 Å². The molecule has 0 aliphatic heterocycles. The van der Waals surface area contributed by atoms with E-state index in [1.54, 1.807) is 11.3 Å². The minimum Gasteiger partial charge on any atom is -0.374 e. The highest BCUT2D eigenvalue weighted by Gasteiger charge is 2.09. The van der Waals surface area contributed by atoms with E-state index in [1.807, 2.05) is 42.5 Å². The lowest BCUT2D eigenvalue weighted by atomic mass is 10.2. The van der Waals surface area contributed by atoms with Gasteiger partial charge in [-0.1, -0.05) is 36.4 Å². The van der Waals surface area contributed by atoms with Crippen molar-refractivity contribution in [1.82, 2.24) is 0 Å². The van der Waals surface area contributed by atoms with Gasteiger partial charge < -0.3 is 11.1 Å². The van der Waals surface area contributed by atoms with Crippen molar-refractivity contribution < 1.29 is 0 Å². The van der Waals surface area contributed by atoms with Crippen LogP contribution >= 0.6 is 23.6 Å². The van der Waals surface area contributed by atoms with E-state index >= 15 is 0 Å². The van der Waals surface area contributed by atoms with Crippen LogP contribution in [-0.4, -0.2) is 10.9 Å². The number of amidine groups is 1. The second kappa shape index (κ2) is 6.03. The van der Waals surface area contributed by atoms with Gasteiger partial charge in [-0.05, 0) is 41.9 Å². The maximum Gasteiger partial charge on any atom is 0.192 e. The molecular formula is C16H13N3S2. The van der Waals surface area contributed by atoms with Crippen LogP contribution in [0.1, 0.15) is 4.88 Å². The first-order chi connectivity index (χ1) is 10.2. The molecule has 2 aromatic carbocycles. The van der Waals surface area contributed by atoms with Gasteiger partial charge in [-0.2, -0.15) is 0 Å². The van der Waals surface area contributed by atoms with E-state index in [-0.39, 0.29) is 5.11 Å². The van der Waals surface area contributed by atoms with Crippen LogP contribution in [0, 0.1) is 0 Å². The molecule has 0 unspecified atom stereocenters. The average molecular weight is 311 g/mol. The number of aliphatic imine (C=N–C) groups is 1. The lowest BCUT2D eigenvalue weighted by Crippen LogP contribution is -2.17. The Balaban J connectivity index is 2.01. The smallest absolute Gasteiger partial charge is 0.192 e. The number of hydrogen-bond acceptors (Lipinski definition) is 2. The van der Waals surface area contributed by atoms with E-state index in [0.717, 1.165) is 10.6 Å². The van der Waals surface area contributed by atoms with Crippen molar-refractivity contribution in [3.63, 3.8) is 0 Å². The predicted molar refractivity (Wildman–Crippen MR) is 95.2 cm³/mol. The van der Waals surface area contributed by atoms with Gasteiger partial charge in [0, 0.05) is 10.4 Å². The molecule has 0 aliphatic carbocycles. The van der Waals surface area contributed by atoms with Gasteiger partial charge in [-0.25, -0.2) is 4.99 Å². The van der Waals surface area contributed by atoms with Crippen molar-refractivity contribution in [2.75, 3.05) is 5.32 Å². The van der Waals surface area contributed by atoms with Gasteiger partial charge in [0.15, 0.2) is 10.9 Å². The van der Waals surface area contributed by atoms with Crippen molar-refractivity contribution >= 4 is 50.3 Å². The van der Waals surface area contributed by atoms with Crippen LogP contribution in [0.5, 0.6) is 0 Å². The van der Waals surface area contributed by atoms with Crippen molar-refractivity contribution in [2.24, 2.45) is 10.7 Å². The number of nitrogens with zero attached hydrogens (tertiary/aromatic N) is 1. The van der Waals surface area contributed by atoms with Crippen LogP contribution in [0.2, 0.25) is 0 Å². The first kappa shape index (κ1) is 13.7. The van der Waals surface area contributed by atoms with Crippen LogP contribution < -0.4 is 11.1 Å². The standard InChI is InChI=1S/C16H13N3S2/c17-16(20)19-15(18-12-7-2-1-3-8-12)14-10-11-6-4-5-9-13(11)21-14/h1-10H,(H3,17,18,19,20). The van der Waals surface area contributed by atoms with Gasteiger partial charge in [0.05, 0.1) is 4.88 Å². The molecule has 1 aromatic heterocycles. The molecule has 0 atom stereocenters. The largest absolute Gasteiger partial charge is 0.374 e. The summed E-state index contributed by atoms with van der Waals surface area (Å²) in [5.74, 6) is 0.676. The minimum absolute atomic E-state index is 0.117. The highest BCUT2D eigenvalue weighted by Crippen LogP contribution is 2.26. The third kappa shape index (κ3) is 3.26. The Hall–Kier alpha value is -2.24. The minimum atomic E-state index is 0.117. The fourth-order valence-corrected chi connectivity index (χ4v) is 3.11. The number of rotatable bonds is 2. The summed E-state index contributed by atoms with van der Waals surface area (Å²) in [6.07, 6.45) is 0. The van der Waals surface area contributed by atoms with Gasteiger partial charge in [0.1, 0.15) is 0 Å². The van der Waals surface area contributed by atoms with Crippen molar-refractivity contribution in [1.29, 1.82) is 0 Å². The third-order valence-corrected chi connectivity index (χ3v) is 4.13. The zero-order chi connectivity index (χ0) is 14.7. The average Bonchev–Trinajstić information content (AvgIpc) is 2.91. The number of nitrogens with one attached hydrogen (secondary N) is 1. The van der Waals surface area contributed by atoms with Crippen molar-refractivity contribution in [3.8, 4) is 0 Å². The molecule has 0 radical (unpaired) electrons. The third-order valence-electron chi connectivity index (χ3n) is 2.92. The highest BCUT2D eigenvalue weighted by atomic mass is 32.1. The Morgan fingerprint density at radius 2 is 1.76 bits per heavy atom. The normalized spacial score (nSPS) is 11.5. The fourth-order valence-electron chi connectivity index (χ4n) is 2.01. The van der Waals surface area contributed by atoms with E-state index in [0.29, 0.717) is 5.84 Å². The van der Waals surface area contributed by atoms with Crippen molar-refractivity contribution in [3.05, 3.63) is 65.5 Å². The van der Waals surface area contributed by atoms with Gasteiger partial charge >= 0.3 is 0 Å². The van der Waals surface area contributed by atoms with E-state index in [2.05, 4.69) is 28.5 Å². The molecule has 3 N–H and O–H groups in total. The summed E-state index contributed by atoms with van der Waals surface area (Å²) in [6.45, 7) is 0.